The van der Waals surface area contributed by atoms with Crippen molar-refractivity contribution in [3.05, 3.63) is 70.5 Å². The SMILES string of the molecule is CC.CNC/C(C=O)=C(C)/C=C(/C)NC.Cc1c(C=O)cc2cc(-c3ncc[nH]3)cn2c1C(C)N1CCOCC1.PS. The Kier molecular flexibility index (Phi) is 17.9. The van der Waals surface area contributed by atoms with E-state index in [1.54, 1.807) is 6.20 Å². The van der Waals surface area contributed by atoms with Crippen LogP contribution in [0, 0.1) is 6.92 Å². The Bertz CT molecular complexity index is 1300. The molecule has 0 amide bonds. The number of hydrogen-bond acceptors (Lipinski definition) is 8. The summed E-state index contributed by atoms with van der Waals surface area (Å²) in [5.74, 6) is 0.832. The predicted octanol–water partition coefficient (Wildman–Crippen LogP) is 5.42. The fourth-order valence-electron chi connectivity index (χ4n) is 4.68. The minimum atomic E-state index is 0.197. The Morgan fingerprint density at radius 2 is 1.86 bits per heavy atom. The average Bonchev–Trinajstić information content (AvgIpc) is 3.72. The molecule has 2 unspecified atom stereocenters. The van der Waals surface area contributed by atoms with Gasteiger partial charge in [-0.05, 0) is 64.1 Å². The van der Waals surface area contributed by atoms with Crippen LogP contribution in [-0.4, -0.2) is 78.8 Å². The standard InChI is InChI=1S/C19H22N4O2.C10H18N2O.C2H6.H3PS/c1-13-16(12-24)10-17-9-15(19-20-3-4-21-19)11-23(17)18(13)14(2)22-5-7-25-8-6-22;1-8(5-9(2)12-4)10(7-13)6-11-3;2*1-2/h3-4,9-12,14H,5-8H2,1-2H3,(H,20,21);5,7,11-12H,6H2,1-4H3;1-2H3;2H,1H2/b;9-5-,10-8-;;. The highest BCUT2D eigenvalue weighted by Gasteiger charge is 2.24. The number of nitrogens with one attached hydrogen (secondary N) is 3. The molecule has 0 bridgehead atoms. The molecule has 4 heterocycles. The lowest BCUT2D eigenvalue weighted by molar-refractivity contribution is -0.105. The summed E-state index contributed by atoms with van der Waals surface area (Å²) in [7, 11) is 5.79. The molecule has 0 aliphatic carbocycles. The number of morpholine rings is 1. The van der Waals surface area contributed by atoms with Crippen LogP contribution in [0.1, 0.15) is 62.3 Å². The molecule has 0 aromatic carbocycles. The van der Waals surface area contributed by atoms with E-state index in [1.807, 2.05) is 67.1 Å². The van der Waals surface area contributed by atoms with Crippen LogP contribution >= 0.6 is 20.7 Å². The lowest BCUT2D eigenvalue weighted by Gasteiger charge is -2.33. The van der Waals surface area contributed by atoms with Gasteiger partial charge in [0.05, 0.1) is 13.2 Å². The van der Waals surface area contributed by atoms with Gasteiger partial charge in [0, 0.05) is 84.9 Å². The van der Waals surface area contributed by atoms with E-state index in [0.29, 0.717) is 6.54 Å². The molecule has 1 saturated heterocycles. The average molecular weight is 617 g/mol. The number of allylic oxidation sites excluding steroid dienone is 3. The number of imidazole rings is 1. The van der Waals surface area contributed by atoms with E-state index in [4.69, 9.17) is 4.74 Å². The quantitative estimate of drug-likeness (QED) is 0.0837. The van der Waals surface area contributed by atoms with Crippen LogP contribution in [0.25, 0.3) is 16.9 Å². The van der Waals surface area contributed by atoms with Crippen molar-refractivity contribution < 1.29 is 14.3 Å². The van der Waals surface area contributed by atoms with E-state index in [-0.39, 0.29) is 6.04 Å². The van der Waals surface area contributed by atoms with Gasteiger partial charge in [-0.15, -0.1) is 0 Å². The molecular formula is C31H49N6O3PS. The van der Waals surface area contributed by atoms with Crippen molar-refractivity contribution in [2.45, 2.75) is 47.6 Å². The van der Waals surface area contributed by atoms with Gasteiger partial charge in [0.25, 0.3) is 0 Å². The van der Waals surface area contributed by atoms with E-state index in [9.17, 15) is 9.59 Å². The van der Waals surface area contributed by atoms with Gasteiger partial charge in [0.1, 0.15) is 18.4 Å². The van der Waals surface area contributed by atoms with Gasteiger partial charge in [-0.2, -0.15) is 12.2 Å². The van der Waals surface area contributed by atoms with Crippen LogP contribution in [-0.2, 0) is 9.53 Å². The van der Waals surface area contributed by atoms with Gasteiger partial charge in [-0.1, -0.05) is 22.3 Å². The molecule has 0 saturated carbocycles. The first-order chi connectivity index (χ1) is 20.3. The minimum absolute atomic E-state index is 0.197. The number of aldehydes is 2. The Hall–Kier alpha value is -2.75. The summed E-state index contributed by atoms with van der Waals surface area (Å²) in [6, 6.07) is 4.22. The predicted molar refractivity (Wildman–Crippen MR) is 181 cm³/mol. The number of carbonyl (C=O) groups is 2. The van der Waals surface area contributed by atoms with Crippen molar-refractivity contribution in [2.75, 3.05) is 46.9 Å². The molecule has 1 aliphatic rings. The second-order valence-electron chi connectivity index (χ2n) is 9.45. The zero-order valence-corrected chi connectivity index (χ0v) is 28.4. The molecule has 3 aromatic heterocycles. The van der Waals surface area contributed by atoms with Crippen molar-refractivity contribution in [1.82, 2.24) is 29.9 Å². The van der Waals surface area contributed by atoms with Crippen molar-refractivity contribution in [3.8, 4) is 11.4 Å². The molecule has 0 radical (unpaired) electrons. The summed E-state index contributed by atoms with van der Waals surface area (Å²) >= 11 is 3.44. The third-order valence-corrected chi connectivity index (χ3v) is 6.96. The maximum Gasteiger partial charge on any atom is 0.150 e. The van der Waals surface area contributed by atoms with Crippen LogP contribution in [0.5, 0.6) is 0 Å². The number of thiol groups is 1. The Balaban J connectivity index is 0.000000443. The lowest BCUT2D eigenvalue weighted by Crippen LogP contribution is -2.38. The Morgan fingerprint density at radius 1 is 1.19 bits per heavy atom. The van der Waals surface area contributed by atoms with Crippen LogP contribution < -0.4 is 10.6 Å². The van der Waals surface area contributed by atoms with Crippen LogP contribution in [0.15, 0.2) is 53.6 Å². The second-order valence-corrected chi connectivity index (χ2v) is 9.45. The maximum absolute atomic E-state index is 11.6. The smallest absolute Gasteiger partial charge is 0.150 e. The number of likely N-dealkylation sites (N-methyl/N-ethyl adjacent to an activating group) is 1. The number of ether oxygens (including phenoxy) is 1. The number of hydrogen-bond donors (Lipinski definition) is 4. The van der Waals surface area contributed by atoms with Crippen molar-refractivity contribution in [2.24, 2.45) is 0 Å². The number of carbonyl (C=O) groups excluding carboxylic acids is 2. The molecule has 9 nitrogen and oxygen atoms in total. The van der Waals surface area contributed by atoms with Crippen LogP contribution in [0.2, 0.25) is 0 Å². The molecule has 1 aliphatic heterocycles. The third kappa shape index (κ3) is 10.2. The fraction of sp³-hybridized carbons (Fsp3) is 0.452. The first kappa shape index (κ1) is 37.3. The molecule has 3 N–H and O–H groups in total. The number of H-pyrrole nitrogens is 1. The van der Waals surface area contributed by atoms with Gasteiger partial charge < -0.3 is 24.8 Å². The number of nitrogens with zero attached hydrogens (tertiary/aromatic N) is 3. The maximum atomic E-state index is 11.6. The Morgan fingerprint density at radius 3 is 2.38 bits per heavy atom. The van der Waals surface area contributed by atoms with Gasteiger partial charge in [0.2, 0.25) is 0 Å². The largest absolute Gasteiger partial charge is 0.392 e. The summed E-state index contributed by atoms with van der Waals surface area (Å²) < 4.78 is 7.68. The molecule has 0 spiro atoms. The zero-order chi connectivity index (χ0) is 31.7. The Labute approximate surface area is 258 Å². The summed E-state index contributed by atoms with van der Waals surface area (Å²) in [6.07, 6.45) is 9.47. The molecule has 1 fully saturated rings. The highest BCUT2D eigenvalue weighted by molar-refractivity contribution is 8.31. The van der Waals surface area contributed by atoms with E-state index >= 15 is 0 Å². The highest BCUT2D eigenvalue weighted by Crippen LogP contribution is 2.30. The number of aromatic nitrogens is 3. The number of pyridine rings is 1. The number of aromatic amines is 1. The van der Waals surface area contributed by atoms with E-state index in [0.717, 1.165) is 89.4 Å². The molecule has 3 aromatic rings. The van der Waals surface area contributed by atoms with E-state index < -0.39 is 0 Å². The summed E-state index contributed by atoms with van der Waals surface area (Å²) in [5, 5.41) is 5.96. The van der Waals surface area contributed by atoms with Crippen molar-refractivity contribution in [1.29, 1.82) is 0 Å². The van der Waals surface area contributed by atoms with Gasteiger partial charge >= 0.3 is 0 Å². The molecule has 42 heavy (non-hydrogen) atoms. The van der Waals surface area contributed by atoms with Crippen molar-refractivity contribution in [3.63, 3.8) is 0 Å². The summed E-state index contributed by atoms with van der Waals surface area (Å²) in [6.45, 7) is 16.1. The lowest BCUT2D eigenvalue weighted by atomic mass is 10.0. The highest BCUT2D eigenvalue weighted by atomic mass is 32.7. The topological polar surface area (TPSA) is 104 Å². The molecule has 2 atom stereocenters. The third-order valence-electron chi connectivity index (χ3n) is 6.96. The molecular weight excluding hydrogens is 567 g/mol. The van der Waals surface area contributed by atoms with Crippen molar-refractivity contribution >= 4 is 38.8 Å². The molecule has 11 heteroatoms. The van der Waals surface area contributed by atoms with Gasteiger partial charge in [0.15, 0.2) is 0 Å². The first-order valence-corrected chi connectivity index (χ1v) is 16.2. The van der Waals surface area contributed by atoms with E-state index in [1.165, 1.54) is 0 Å². The molecule has 232 valence electrons. The molecule has 4 rings (SSSR count). The van der Waals surface area contributed by atoms with Gasteiger partial charge in [-0.3, -0.25) is 14.5 Å². The number of fused-ring (bicyclic) bond motifs is 1. The van der Waals surface area contributed by atoms with Crippen LogP contribution in [0.4, 0.5) is 0 Å². The van der Waals surface area contributed by atoms with Crippen LogP contribution in [0.3, 0.4) is 0 Å². The normalized spacial score (nSPS) is 14.7. The van der Waals surface area contributed by atoms with Gasteiger partial charge in [-0.25, -0.2) is 4.98 Å². The first-order valence-electron chi connectivity index (χ1n) is 14.2. The van der Waals surface area contributed by atoms with E-state index in [2.05, 4.69) is 69.8 Å². The number of rotatable bonds is 9. The summed E-state index contributed by atoms with van der Waals surface area (Å²) in [5.41, 5.74) is 7.78. The minimum Gasteiger partial charge on any atom is -0.392 e. The summed E-state index contributed by atoms with van der Waals surface area (Å²) in [4.78, 5) is 32.2. The fourth-order valence-corrected chi connectivity index (χ4v) is 4.68. The monoisotopic (exact) mass is 616 g/mol. The second kappa shape index (κ2) is 20.2. The zero-order valence-electron chi connectivity index (χ0n) is 26.3.